The molecule has 1 unspecified atom stereocenters. The molecule has 1 saturated heterocycles. The number of ether oxygens (including phenoxy) is 1. The first-order valence-corrected chi connectivity index (χ1v) is 13.6. The van der Waals surface area contributed by atoms with Crippen molar-refractivity contribution >= 4 is 54.2 Å². The summed E-state index contributed by atoms with van der Waals surface area (Å²) in [5.41, 5.74) is 0.598. The third-order valence-electron chi connectivity index (χ3n) is 5.90. The Bertz CT molecular complexity index is 1450. The van der Waals surface area contributed by atoms with E-state index < -0.39 is 16.1 Å². The molecule has 0 spiro atoms. The van der Waals surface area contributed by atoms with E-state index in [9.17, 15) is 13.2 Å². The molecular weight excluding hydrogens is 510 g/mol. The van der Waals surface area contributed by atoms with E-state index in [1.807, 2.05) is 12.1 Å². The van der Waals surface area contributed by atoms with Gasteiger partial charge in [-0.2, -0.15) is 4.31 Å². The molecule has 0 radical (unpaired) electrons. The second-order valence-electron chi connectivity index (χ2n) is 8.04. The first kappa shape index (κ1) is 23.8. The Morgan fingerprint density at radius 1 is 1.23 bits per heavy atom. The summed E-state index contributed by atoms with van der Waals surface area (Å²) < 4.78 is 39.7. The lowest BCUT2D eigenvalue weighted by Gasteiger charge is -2.28. The Morgan fingerprint density at radius 3 is 2.71 bits per heavy atom. The predicted octanol–water partition coefficient (Wildman–Crippen LogP) is 4.94. The van der Waals surface area contributed by atoms with Gasteiger partial charge < -0.3 is 9.15 Å². The summed E-state index contributed by atoms with van der Waals surface area (Å²) in [6.07, 6.45) is 2.52. The number of amides is 1. The predicted molar refractivity (Wildman–Crippen MR) is 134 cm³/mol. The highest BCUT2D eigenvalue weighted by molar-refractivity contribution is 7.89. The summed E-state index contributed by atoms with van der Waals surface area (Å²) in [7, 11) is -2.38. The number of carbonyl (C=O) groups excluding carboxylic acids is 1. The van der Waals surface area contributed by atoms with Crippen LogP contribution in [0.5, 0.6) is 5.75 Å². The van der Waals surface area contributed by atoms with Gasteiger partial charge in [0.1, 0.15) is 23.1 Å². The number of aromatic nitrogens is 1. The van der Waals surface area contributed by atoms with E-state index in [1.54, 1.807) is 30.3 Å². The highest BCUT2D eigenvalue weighted by atomic mass is 35.5. The molecular formula is C24H22ClN3O5S2. The van der Waals surface area contributed by atoms with Gasteiger partial charge in [0.2, 0.25) is 15.9 Å². The van der Waals surface area contributed by atoms with Gasteiger partial charge in [-0.25, -0.2) is 13.4 Å². The summed E-state index contributed by atoms with van der Waals surface area (Å²) in [6.45, 7) is 0.376. The lowest BCUT2D eigenvalue weighted by atomic mass is 10.2. The molecule has 8 nitrogen and oxygen atoms in total. The van der Waals surface area contributed by atoms with E-state index in [1.165, 1.54) is 46.0 Å². The number of methoxy groups -OCH3 is 1. The van der Waals surface area contributed by atoms with Crippen molar-refractivity contribution in [3.05, 3.63) is 71.6 Å². The average molecular weight is 532 g/mol. The topological polar surface area (TPSA) is 93.0 Å². The van der Waals surface area contributed by atoms with Crippen molar-refractivity contribution < 1.29 is 22.4 Å². The number of furan rings is 1. The number of para-hydroxylation sites is 1. The SMILES string of the molecule is COc1ccc(S(=O)(=O)N2CCCC2C(=O)N(Cc2ccco2)c2nc3c(Cl)cccc3s2)cc1. The fourth-order valence-corrected chi connectivity index (χ4v) is 7.08. The number of carbonyl (C=O) groups is 1. The van der Waals surface area contributed by atoms with Crippen molar-refractivity contribution in [2.75, 3.05) is 18.6 Å². The fourth-order valence-electron chi connectivity index (χ4n) is 4.15. The minimum atomic E-state index is -3.90. The van der Waals surface area contributed by atoms with E-state index >= 15 is 0 Å². The normalized spacial score (nSPS) is 16.6. The lowest BCUT2D eigenvalue weighted by Crippen LogP contribution is -2.47. The molecule has 1 fully saturated rings. The van der Waals surface area contributed by atoms with Crippen molar-refractivity contribution in [3.8, 4) is 5.75 Å². The third kappa shape index (κ3) is 4.54. The number of rotatable bonds is 7. The maximum Gasteiger partial charge on any atom is 0.247 e. The van der Waals surface area contributed by atoms with Crippen LogP contribution in [0.4, 0.5) is 5.13 Å². The number of anilines is 1. The van der Waals surface area contributed by atoms with E-state index in [0.29, 0.717) is 40.0 Å². The van der Waals surface area contributed by atoms with Gasteiger partial charge in [0.25, 0.3) is 0 Å². The van der Waals surface area contributed by atoms with E-state index in [2.05, 4.69) is 4.98 Å². The molecule has 1 aliphatic rings. The van der Waals surface area contributed by atoms with Crippen molar-refractivity contribution in [1.29, 1.82) is 0 Å². The third-order valence-corrected chi connectivity index (χ3v) is 9.18. The Hall–Kier alpha value is -2.92. The van der Waals surface area contributed by atoms with Crippen LogP contribution >= 0.6 is 22.9 Å². The Kier molecular flexibility index (Phi) is 6.54. The van der Waals surface area contributed by atoms with E-state index in [0.717, 1.165) is 4.70 Å². The van der Waals surface area contributed by atoms with Gasteiger partial charge in [-0.3, -0.25) is 9.69 Å². The molecule has 11 heteroatoms. The molecule has 0 saturated carbocycles. The number of nitrogens with zero attached hydrogens (tertiary/aromatic N) is 3. The lowest BCUT2D eigenvalue weighted by molar-refractivity contribution is -0.121. The van der Waals surface area contributed by atoms with Gasteiger partial charge in [-0.1, -0.05) is 29.0 Å². The Morgan fingerprint density at radius 2 is 2.03 bits per heavy atom. The maximum atomic E-state index is 13.9. The summed E-state index contributed by atoms with van der Waals surface area (Å²) in [5.74, 6) is 0.759. The molecule has 0 N–H and O–H groups in total. The number of thiazole rings is 1. The van der Waals surface area contributed by atoms with Crippen molar-refractivity contribution in [2.45, 2.75) is 30.3 Å². The molecule has 2 aromatic heterocycles. The zero-order valence-corrected chi connectivity index (χ0v) is 21.1. The fraction of sp³-hybridized carbons (Fsp3) is 0.250. The zero-order valence-electron chi connectivity index (χ0n) is 18.8. The van der Waals surface area contributed by atoms with Crippen LogP contribution in [0.25, 0.3) is 10.2 Å². The number of hydrogen-bond donors (Lipinski definition) is 0. The molecule has 3 heterocycles. The molecule has 0 aliphatic carbocycles. The van der Waals surface area contributed by atoms with Crippen LogP contribution in [-0.4, -0.2) is 43.3 Å². The van der Waals surface area contributed by atoms with Crippen LogP contribution in [0, 0.1) is 0 Å². The quantitative estimate of drug-likeness (QED) is 0.335. The van der Waals surface area contributed by atoms with Crippen LogP contribution in [0.15, 0.2) is 70.2 Å². The van der Waals surface area contributed by atoms with Crippen molar-refractivity contribution in [3.63, 3.8) is 0 Å². The minimum absolute atomic E-state index is 0.113. The average Bonchev–Trinajstić information content (AvgIpc) is 3.63. The summed E-state index contributed by atoms with van der Waals surface area (Å²) in [5, 5.41) is 0.920. The Balaban J connectivity index is 1.50. The van der Waals surface area contributed by atoms with Gasteiger partial charge in [0.15, 0.2) is 5.13 Å². The highest BCUT2D eigenvalue weighted by Gasteiger charge is 2.42. The number of benzene rings is 2. The van der Waals surface area contributed by atoms with Gasteiger partial charge in [-0.15, -0.1) is 0 Å². The minimum Gasteiger partial charge on any atom is -0.497 e. The second kappa shape index (κ2) is 9.62. The standard InChI is InChI=1S/C24H22ClN3O5S2/c1-32-16-9-11-18(12-10-16)35(30,31)28-13-3-7-20(28)23(29)27(15-17-5-4-14-33-17)24-26-22-19(25)6-2-8-21(22)34-24/h2,4-6,8-12,14,20H,3,7,13,15H2,1H3. The van der Waals surface area contributed by atoms with Crippen molar-refractivity contribution in [1.82, 2.24) is 9.29 Å². The van der Waals surface area contributed by atoms with Crippen LogP contribution in [-0.2, 0) is 21.4 Å². The molecule has 35 heavy (non-hydrogen) atoms. The molecule has 1 atom stereocenters. The molecule has 2 aromatic carbocycles. The monoisotopic (exact) mass is 531 g/mol. The van der Waals surface area contributed by atoms with Crippen molar-refractivity contribution in [2.24, 2.45) is 0 Å². The molecule has 4 aromatic rings. The summed E-state index contributed by atoms with van der Waals surface area (Å²) in [6, 6.07) is 14.3. The van der Waals surface area contributed by atoms with E-state index in [4.69, 9.17) is 20.8 Å². The number of fused-ring (bicyclic) bond motifs is 1. The molecule has 182 valence electrons. The maximum absolute atomic E-state index is 13.9. The molecule has 1 amide bonds. The molecule has 5 rings (SSSR count). The number of halogens is 1. The summed E-state index contributed by atoms with van der Waals surface area (Å²) in [4.78, 5) is 20.1. The highest BCUT2D eigenvalue weighted by Crippen LogP contribution is 2.36. The number of hydrogen-bond acceptors (Lipinski definition) is 7. The largest absolute Gasteiger partial charge is 0.497 e. The smallest absolute Gasteiger partial charge is 0.247 e. The molecule has 0 bridgehead atoms. The Labute approximate surface area is 211 Å². The van der Waals surface area contributed by atoms with E-state index in [-0.39, 0.29) is 23.9 Å². The van der Waals surface area contributed by atoms with Crippen LogP contribution in [0.2, 0.25) is 5.02 Å². The number of sulfonamides is 1. The summed E-state index contributed by atoms with van der Waals surface area (Å²) >= 11 is 7.65. The van der Waals surface area contributed by atoms with Gasteiger partial charge >= 0.3 is 0 Å². The first-order valence-electron chi connectivity index (χ1n) is 10.9. The van der Waals surface area contributed by atoms with Crippen LogP contribution < -0.4 is 9.64 Å². The first-order chi connectivity index (χ1) is 16.9. The van der Waals surface area contributed by atoms with Gasteiger partial charge in [0.05, 0.1) is 34.5 Å². The van der Waals surface area contributed by atoms with Crippen LogP contribution in [0.3, 0.4) is 0 Å². The van der Waals surface area contributed by atoms with Crippen LogP contribution in [0.1, 0.15) is 18.6 Å². The molecule has 1 aliphatic heterocycles. The second-order valence-corrected chi connectivity index (χ2v) is 11.3. The van der Waals surface area contributed by atoms with Gasteiger partial charge in [0, 0.05) is 6.54 Å². The zero-order chi connectivity index (χ0) is 24.6. The van der Waals surface area contributed by atoms with Gasteiger partial charge in [-0.05, 0) is 61.4 Å².